The molecule has 0 saturated heterocycles. The second kappa shape index (κ2) is 6.75. The Morgan fingerprint density at radius 2 is 2.11 bits per heavy atom. The lowest BCUT2D eigenvalue weighted by Crippen LogP contribution is -2.34. The van der Waals surface area contributed by atoms with Gasteiger partial charge in [-0.3, -0.25) is 4.79 Å². The van der Waals surface area contributed by atoms with Crippen LogP contribution in [0.5, 0.6) is 0 Å². The highest BCUT2D eigenvalue weighted by Gasteiger charge is 2.39. The van der Waals surface area contributed by atoms with Gasteiger partial charge in [0.25, 0.3) is 0 Å². The van der Waals surface area contributed by atoms with E-state index in [0.29, 0.717) is 0 Å². The predicted octanol–water partition coefficient (Wildman–Crippen LogP) is 3.43. The monoisotopic (exact) mass is 257 g/mol. The molecule has 3 nitrogen and oxygen atoms in total. The van der Waals surface area contributed by atoms with E-state index < -0.39 is 11.4 Å². The summed E-state index contributed by atoms with van der Waals surface area (Å²) in [4.78, 5) is 11.9. The van der Waals surface area contributed by atoms with Crippen molar-refractivity contribution in [2.45, 2.75) is 20.8 Å². The van der Waals surface area contributed by atoms with Crippen LogP contribution in [0.3, 0.4) is 0 Å². The Hall–Kier alpha value is -2.08. The predicted molar refractivity (Wildman–Crippen MR) is 75.0 cm³/mol. The molecule has 100 valence electrons. The normalized spacial score (nSPS) is 15.5. The largest absolute Gasteiger partial charge is 0.465 e. The molecule has 0 saturated carbocycles. The van der Waals surface area contributed by atoms with Crippen LogP contribution in [0.2, 0.25) is 0 Å². The van der Waals surface area contributed by atoms with Gasteiger partial charge in [0, 0.05) is 5.92 Å². The number of nitrogens with zero attached hydrogens (tertiary/aromatic N) is 1. The van der Waals surface area contributed by atoms with Gasteiger partial charge >= 0.3 is 5.97 Å². The highest BCUT2D eigenvalue weighted by atomic mass is 16.5. The van der Waals surface area contributed by atoms with E-state index in [-0.39, 0.29) is 12.5 Å². The van der Waals surface area contributed by atoms with Crippen molar-refractivity contribution >= 4 is 12.0 Å². The van der Waals surface area contributed by atoms with Gasteiger partial charge < -0.3 is 4.74 Å². The number of ether oxygens (including phenoxy) is 1. The molecule has 0 aromatic heterocycles. The number of carbonyl (C=O) groups excluding carboxylic acids is 1. The van der Waals surface area contributed by atoms with Crippen LogP contribution in [-0.2, 0) is 9.53 Å². The maximum absolute atomic E-state index is 11.9. The van der Waals surface area contributed by atoms with Crippen molar-refractivity contribution < 1.29 is 9.53 Å². The van der Waals surface area contributed by atoms with Crippen LogP contribution < -0.4 is 0 Å². The molecular weight excluding hydrogens is 238 g/mol. The average Bonchev–Trinajstić information content (AvgIpc) is 2.45. The number of hydrogen-bond donors (Lipinski definition) is 0. The molecule has 1 rings (SSSR count). The Bertz CT molecular complexity index is 487. The zero-order valence-electron chi connectivity index (χ0n) is 11.6. The Balaban J connectivity index is 2.86. The van der Waals surface area contributed by atoms with Crippen LogP contribution in [0.25, 0.3) is 6.08 Å². The van der Waals surface area contributed by atoms with Crippen LogP contribution in [0.4, 0.5) is 0 Å². The minimum absolute atomic E-state index is 0.225. The van der Waals surface area contributed by atoms with E-state index in [1.54, 1.807) is 13.8 Å². The number of esters is 1. The Morgan fingerprint density at radius 1 is 1.47 bits per heavy atom. The molecule has 0 aliphatic carbocycles. The molecule has 0 aliphatic heterocycles. The Morgan fingerprint density at radius 3 is 2.63 bits per heavy atom. The summed E-state index contributed by atoms with van der Waals surface area (Å²) in [5.41, 5.74) is -0.111. The minimum Gasteiger partial charge on any atom is -0.465 e. The number of rotatable bonds is 5. The first kappa shape index (κ1) is 15.0. The summed E-state index contributed by atoms with van der Waals surface area (Å²) in [5, 5.41) is 9.27. The molecular formula is C16H19NO2. The maximum Gasteiger partial charge on any atom is 0.326 e. The smallest absolute Gasteiger partial charge is 0.326 e. The van der Waals surface area contributed by atoms with Crippen molar-refractivity contribution in [3.05, 3.63) is 42.0 Å². The van der Waals surface area contributed by atoms with Gasteiger partial charge in [-0.05, 0) is 19.4 Å². The van der Waals surface area contributed by atoms with Crippen molar-refractivity contribution in [2.24, 2.45) is 11.3 Å². The van der Waals surface area contributed by atoms with Crippen molar-refractivity contribution in [2.75, 3.05) is 6.61 Å². The second-order valence-corrected chi connectivity index (χ2v) is 4.59. The lowest BCUT2D eigenvalue weighted by atomic mass is 9.79. The van der Waals surface area contributed by atoms with Crippen LogP contribution in [-0.4, -0.2) is 12.6 Å². The molecule has 1 aromatic rings. The summed E-state index contributed by atoms with van der Waals surface area (Å²) >= 11 is 0. The fourth-order valence-electron chi connectivity index (χ4n) is 1.63. The number of carbonyl (C=O) groups is 1. The lowest BCUT2D eigenvalue weighted by Gasteiger charge is -2.24. The van der Waals surface area contributed by atoms with Crippen molar-refractivity contribution in [1.82, 2.24) is 0 Å². The van der Waals surface area contributed by atoms with E-state index in [1.165, 1.54) is 0 Å². The molecule has 0 bridgehead atoms. The quantitative estimate of drug-likeness (QED) is 0.759. The Labute approximate surface area is 114 Å². The lowest BCUT2D eigenvalue weighted by molar-refractivity contribution is -0.152. The van der Waals surface area contributed by atoms with E-state index in [9.17, 15) is 10.1 Å². The SMILES string of the molecule is CCOC(=O)C(C)(C#N)C(C)/C=C/c1ccccc1. The molecule has 3 heteroatoms. The van der Waals surface area contributed by atoms with Crippen molar-refractivity contribution in [1.29, 1.82) is 5.26 Å². The molecule has 1 aromatic carbocycles. The van der Waals surface area contributed by atoms with E-state index in [2.05, 4.69) is 6.07 Å². The van der Waals surface area contributed by atoms with E-state index in [1.807, 2.05) is 49.4 Å². The van der Waals surface area contributed by atoms with Crippen LogP contribution in [0.1, 0.15) is 26.3 Å². The van der Waals surface area contributed by atoms with E-state index in [0.717, 1.165) is 5.56 Å². The zero-order chi connectivity index (χ0) is 14.3. The first-order valence-electron chi connectivity index (χ1n) is 6.36. The maximum atomic E-state index is 11.9. The first-order chi connectivity index (χ1) is 9.04. The summed E-state index contributed by atoms with van der Waals surface area (Å²) in [6.45, 7) is 5.48. The first-order valence-corrected chi connectivity index (χ1v) is 6.36. The molecule has 0 amide bonds. The number of allylic oxidation sites excluding steroid dienone is 1. The van der Waals surface area contributed by atoms with E-state index in [4.69, 9.17) is 4.74 Å². The highest BCUT2D eigenvalue weighted by Crippen LogP contribution is 2.29. The number of hydrogen-bond acceptors (Lipinski definition) is 3. The zero-order valence-corrected chi connectivity index (χ0v) is 11.6. The number of nitriles is 1. The second-order valence-electron chi connectivity index (χ2n) is 4.59. The van der Waals surface area contributed by atoms with Gasteiger partial charge in [-0.2, -0.15) is 5.26 Å². The van der Waals surface area contributed by atoms with Gasteiger partial charge in [-0.1, -0.05) is 49.4 Å². The third-order valence-corrected chi connectivity index (χ3v) is 3.22. The molecule has 2 unspecified atom stereocenters. The average molecular weight is 257 g/mol. The van der Waals surface area contributed by atoms with Gasteiger partial charge in [-0.15, -0.1) is 0 Å². The molecule has 0 aliphatic rings. The van der Waals surface area contributed by atoms with E-state index >= 15 is 0 Å². The topological polar surface area (TPSA) is 50.1 Å². The van der Waals surface area contributed by atoms with Crippen LogP contribution in [0, 0.1) is 22.7 Å². The third kappa shape index (κ3) is 3.69. The number of benzene rings is 1. The summed E-state index contributed by atoms with van der Waals surface area (Å²) in [7, 11) is 0. The molecule has 0 N–H and O–H groups in total. The third-order valence-electron chi connectivity index (χ3n) is 3.22. The minimum atomic E-state index is -1.15. The molecule has 0 fully saturated rings. The van der Waals surface area contributed by atoms with Crippen molar-refractivity contribution in [3.63, 3.8) is 0 Å². The fourth-order valence-corrected chi connectivity index (χ4v) is 1.63. The van der Waals surface area contributed by atoms with Crippen molar-refractivity contribution in [3.8, 4) is 6.07 Å². The standard InChI is InChI=1S/C16H19NO2/c1-4-19-15(18)16(3,12-17)13(2)10-11-14-8-6-5-7-9-14/h5-11,13H,4H2,1-3H3/b11-10+. The molecule has 0 radical (unpaired) electrons. The van der Waals surface area contributed by atoms with Gasteiger partial charge in [0.05, 0.1) is 12.7 Å². The summed E-state index contributed by atoms with van der Waals surface area (Å²) in [5.74, 6) is -0.695. The molecule has 0 spiro atoms. The highest BCUT2D eigenvalue weighted by molar-refractivity contribution is 5.80. The summed E-state index contributed by atoms with van der Waals surface area (Å²) in [6, 6.07) is 11.8. The Kier molecular flexibility index (Phi) is 5.32. The fraction of sp³-hybridized carbons (Fsp3) is 0.375. The van der Waals surface area contributed by atoms with Crippen LogP contribution >= 0.6 is 0 Å². The molecule has 0 heterocycles. The van der Waals surface area contributed by atoms with Gasteiger partial charge in [-0.25, -0.2) is 0 Å². The summed E-state index contributed by atoms with van der Waals surface area (Å²) < 4.78 is 4.98. The molecule has 2 atom stereocenters. The van der Waals surface area contributed by atoms with Gasteiger partial charge in [0.1, 0.15) is 0 Å². The van der Waals surface area contributed by atoms with Crippen LogP contribution in [0.15, 0.2) is 36.4 Å². The van der Waals surface area contributed by atoms with Gasteiger partial charge in [0.2, 0.25) is 0 Å². The molecule has 19 heavy (non-hydrogen) atoms. The summed E-state index contributed by atoms with van der Waals surface area (Å²) in [6.07, 6.45) is 3.79. The van der Waals surface area contributed by atoms with Gasteiger partial charge in [0.15, 0.2) is 5.41 Å².